The quantitative estimate of drug-likeness (QED) is 0.564. The van der Waals surface area contributed by atoms with Gasteiger partial charge in [0.2, 0.25) is 0 Å². The summed E-state index contributed by atoms with van der Waals surface area (Å²) in [4.78, 5) is 21.8. The fourth-order valence-electron chi connectivity index (χ4n) is 3.07. The van der Waals surface area contributed by atoms with Crippen molar-refractivity contribution in [2.45, 2.75) is 0 Å². The number of aromatic nitrogens is 1. The number of hydrogen-bond acceptors (Lipinski definition) is 4. The molecule has 0 aliphatic carbocycles. The molecule has 3 heterocycles. The van der Waals surface area contributed by atoms with E-state index in [9.17, 15) is 4.79 Å². The van der Waals surface area contributed by atoms with Gasteiger partial charge in [0.05, 0.1) is 10.0 Å². The molecule has 1 amide bonds. The standard InChI is InChI=1S/C18H14Cl3N3OS/c19-11-9-12(20)15-13(10-11)26-17(16(15)21)18(25)24-7-5-23(6-8-24)14-3-1-2-4-22-14/h1-4,9-10H,5-8H2. The second-order valence-corrected chi connectivity index (χ2v) is 8.25. The molecule has 1 aromatic carbocycles. The van der Waals surface area contributed by atoms with Crippen molar-refractivity contribution in [3.63, 3.8) is 0 Å². The minimum Gasteiger partial charge on any atom is -0.353 e. The Balaban J connectivity index is 1.55. The minimum atomic E-state index is -0.0657. The maximum absolute atomic E-state index is 13.0. The van der Waals surface area contributed by atoms with E-state index >= 15 is 0 Å². The van der Waals surface area contributed by atoms with Gasteiger partial charge in [0.1, 0.15) is 10.7 Å². The zero-order valence-corrected chi connectivity index (χ0v) is 16.7. The van der Waals surface area contributed by atoms with E-state index in [1.165, 1.54) is 11.3 Å². The van der Waals surface area contributed by atoms with Crippen molar-refractivity contribution >= 4 is 68.0 Å². The number of hydrogen-bond donors (Lipinski definition) is 0. The van der Waals surface area contributed by atoms with E-state index in [0.29, 0.717) is 38.4 Å². The van der Waals surface area contributed by atoms with Gasteiger partial charge in [-0.15, -0.1) is 11.3 Å². The second-order valence-electron chi connectivity index (χ2n) is 5.97. The van der Waals surface area contributed by atoms with Crippen molar-refractivity contribution in [3.05, 3.63) is 56.5 Å². The molecule has 0 atom stereocenters. The number of benzene rings is 1. The fraction of sp³-hybridized carbons (Fsp3) is 0.222. The fourth-order valence-corrected chi connectivity index (χ4v) is 5.41. The van der Waals surface area contributed by atoms with Crippen LogP contribution in [-0.4, -0.2) is 42.0 Å². The van der Waals surface area contributed by atoms with Crippen LogP contribution in [0.25, 0.3) is 10.1 Å². The van der Waals surface area contributed by atoms with Gasteiger partial charge in [0.15, 0.2) is 0 Å². The van der Waals surface area contributed by atoms with Crippen molar-refractivity contribution in [2.75, 3.05) is 31.1 Å². The molecule has 4 rings (SSSR count). The van der Waals surface area contributed by atoms with E-state index in [1.54, 1.807) is 18.3 Å². The molecule has 3 aromatic rings. The summed E-state index contributed by atoms with van der Waals surface area (Å²) in [7, 11) is 0. The van der Waals surface area contributed by atoms with Gasteiger partial charge in [-0.3, -0.25) is 4.79 Å². The van der Waals surface area contributed by atoms with E-state index in [-0.39, 0.29) is 5.91 Å². The van der Waals surface area contributed by atoms with Crippen LogP contribution in [0.3, 0.4) is 0 Å². The summed E-state index contributed by atoms with van der Waals surface area (Å²) >= 11 is 20.1. The van der Waals surface area contributed by atoms with Crippen LogP contribution >= 0.6 is 46.1 Å². The number of piperazine rings is 1. The van der Waals surface area contributed by atoms with Gasteiger partial charge in [0.25, 0.3) is 5.91 Å². The van der Waals surface area contributed by atoms with Crippen molar-refractivity contribution in [3.8, 4) is 0 Å². The Morgan fingerprint density at radius 1 is 1.08 bits per heavy atom. The Labute approximate surface area is 169 Å². The molecular weight excluding hydrogens is 413 g/mol. The number of fused-ring (bicyclic) bond motifs is 1. The molecule has 1 saturated heterocycles. The van der Waals surface area contributed by atoms with Gasteiger partial charge in [-0.1, -0.05) is 40.9 Å². The molecule has 0 spiro atoms. The summed E-state index contributed by atoms with van der Waals surface area (Å²) in [6.45, 7) is 2.71. The van der Waals surface area contributed by atoms with E-state index in [0.717, 1.165) is 23.6 Å². The zero-order valence-electron chi connectivity index (χ0n) is 13.6. The molecule has 4 nitrogen and oxygen atoms in total. The topological polar surface area (TPSA) is 36.4 Å². The normalized spacial score (nSPS) is 14.9. The molecule has 0 saturated carbocycles. The van der Waals surface area contributed by atoms with Gasteiger partial charge >= 0.3 is 0 Å². The van der Waals surface area contributed by atoms with Crippen LogP contribution in [0.4, 0.5) is 5.82 Å². The van der Waals surface area contributed by atoms with Crippen LogP contribution in [-0.2, 0) is 0 Å². The van der Waals surface area contributed by atoms with Crippen LogP contribution in [0.1, 0.15) is 9.67 Å². The van der Waals surface area contributed by atoms with Crippen LogP contribution in [0.2, 0.25) is 15.1 Å². The zero-order chi connectivity index (χ0) is 18.3. The average molecular weight is 427 g/mol. The lowest BCUT2D eigenvalue weighted by Gasteiger charge is -2.35. The number of anilines is 1. The lowest BCUT2D eigenvalue weighted by atomic mass is 10.2. The lowest BCUT2D eigenvalue weighted by molar-refractivity contribution is 0.0751. The summed E-state index contributed by atoms with van der Waals surface area (Å²) in [6.07, 6.45) is 1.78. The highest BCUT2D eigenvalue weighted by molar-refractivity contribution is 7.21. The molecule has 2 aromatic heterocycles. The summed E-state index contributed by atoms with van der Waals surface area (Å²) in [5.74, 6) is 0.866. The molecule has 0 bridgehead atoms. The smallest absolute Gasteiger partial charge is 0.265 e. The molecule has 134 valence electrons. The Morgan fingerprint density at radius 2 is 1.85 bits per heavy atom. The van der Waals surface area contributed by atoms with Gasteiger partial charge < -0.3 is 9.80 Å². The first-order valence-corrected chi connectivity index (χ1v) is 10.0. The highest BCUT2D eigenvalue weighted by Crippen LogP contribution is 2.41. The summed E-state index contributed by atoms with van der Waals surface area (Å²) in [5.41, 5.74) is 0. The minimum absolute atomic E-state index is 0.0657. The van der Waals surface area contributed by atoms with Crippen molar-refractivity contribution in [2.24, 2.45) is 0 Å². The number of carbonyl (C=O) groups excluding carboxylic acids is 1. The molecule has 0 radical (unpaired) electrons. The molecule has 1 aliphatic heterocycles. The number of pyridine rings is 1. The van der Waals surface area contributed by atoms with Gasteiger partial charge in [-0.25, -0.2) is 4.98 Å². The van der Waals surface area contributed by atoms with Gasteiger partial charge in [-0.2, -0.15) is 0 Å². The molecule has 0 unspecified atom stereocenters. The first kappa shape index (κ1) is 17.9. The predicted octanol–water partition coefficient (Wildman–Crippen LogP) is 5.22. The SMILES string of the molecule is O=C(c1sc2cc(Cl)cc(Cl)c2c1Cl)N1CCN(c2ccccn2)CC1. The highest BCUT2D eigenvalue weighted by Gasteiger charge is 2.27. The third-order valence-corrected chi connectivity index (χ3v) is 6.52. The lowest BCUT2D eigenvalue weighted by Crippen LogP contribution is -2.48. The Kier molecular flexibility index (Phi) is 4.97. The number of nitrogens with zero attached hydrogens (tertiary/aromatic N) is 3. The third-order valence-electron chi connectivity index (χ3n) is 4.38. The molecule has 1 aliphatic rings. The molecule has 8 heteroatoms. The number of carbonyl (C=O) groups is 1. The van der Waals surface area contributed by atoms with E-state index < -0.39 is 0 Å². The molecule has 0 N–H and O–H groups in total. The Hall–Kier alpha value is -1.53. The van der Waals surface area contributed by atoms with Crippen molar-refractivity contribution in [1.82, 2.24) is 9.88 Å². The van der Waals surface area contributed by atoms with Crippen LogP contribution in [0, 0.1) is 0 Å². The summed E-state index contributed by atoms with van der Waals surface area (Å²) in [6, 6.07) is 9.26. The second kappa shape index (κ2) is 7.24. The number of thiophene rings is 1. The maximum atomic E-state index is 13.0. The van der Waals surface area contributed by atoms with E-state index in [1.807, 2.05) is 23.1 Å². The highest BCUT2D eigenvalue weighted by atomic mass is 35.5. The van der Waals surface area contributed by atoms with Crippen LogP contribution in [0.5, 0.6) is 0 Å². The Bertz CT molecular complexity index is 969. The van der Waals surface area contributed by atoms with Crippen LogP contribution < -0.4 is 4.90 Å². The largest absolute Gasteiger partial charge is 0.353 e. The Morgan fingerprint density at radius 3 is 2.54 bits per heavy atom. The van der Waals surface area contributed by atoms with Crippen molar-refractivity contribution in [1.29, 1.82) is 0 Å². The molecule has 26 heavy (non-hydrogen) atoms. The first-order valence-electron chi connectivity index (χ1n) is 8.07. The molecule has 1 fully saturated rings. The number of halogens is 3. The van der Waals surface area contributed by atoms with Crippen molar-refractivity contribution < 1.29 is 4.79 Å². The summed E-state index contributed by atoms with van der Waals surface area (Å²) in [5, 5.41) is 2.10. The first-order chi connectivity index (χ1) is 12.5. The van der Waals surface area contributed by atoms with Gasteiger partial charge in [0, 0.05) is 47.5 Å². The predicted molar refractivity (Wildman–Crippen MR) is 109 cm³/mol. The van der Waals surface area contributed by atoms with E-state index in [4.69, 9.17) is 34.8 Å². The third kappa shape index (κ3) is 3.25. The maximum Gasteiger partial charge on any atom is 0.265 e. The number of rotatable bonds is 2. The summed E-state index contributed by atoms with van der Waals surface area (Å²) < 4.78 is 0.822. The average Bonchev–Trinajstić information content (AvgIpc) is 2.98. The van der Waals surface area contributed by atoms with E-state index in [2.05, 4.69) is 9.88 Å². The molecular formula is C18H14Cl3N3OS. The van der Waals surface area contributed by atoms with Gasteiger partial charge in [-0.05, 0) is 24.3 Å². The van der Waals surface area contributed by atoms with Crippen LogP contribution in [0.15, 0.2) is 36.5 Å². The monoisotopic (exact) mass is 425 g/mol. The number of amides is 1.